The molecular formula is C62H43NOS2. The Morgan fingerprint density at radius 2 is 1.15 bits per heavy atom. The van der Waals surface area contributed by atoms with Gasteiger partial charge in [0.2, 0.25) is 0 Å². The van der Waals surface area contributed by atoms with Gasteiger partial charge in [-0.3, -0.25) is 4.99 Å². The highest BCUT2D eigenvalue weighted by molar-refractivity contribution is 7.26. The molecule has 8 aromatic carbocycles. The standard InChI is InChI=1S/C62H43NOS2/c1-2-13-39(14-3-1)54-36-43-31-32-62(43,37-55(63-54)40-29-27-38(28-30-40)45-18-10-21-51-48-15-4-7-24-56(48)64-59(45)51)44-34-41(46-19-11-22-52-49-16-5-8-25-57(49)65-60(46)52)33-42(35-44)47-20-12-23-53-50-17-6-9-26-58(50)66-61(47)53/h1-2,4-13,15-30,33-35,37,43H,3,14,31-32,36H2. The monoisotopic (exact) mass is 881 g/mol. The molecule has 2 nitrogen and oxygen atoms in total. The Morgan fingerprint density at radius 3 is 1.80 bits per heavy atom. The second kappa shape index (κ2) is 15.0. The number of nitrogens with zero attached hydrogens (tertiary/aromatic N) is 1. The molecule has 2 unspecified atom stereocenters. The van der Waals surface area contributed by atoms with Crippen molar-refractivity contribution in [2.75, 3.05) is 0 Å². The van der Waals surface area contributed by atoms with E-state index in [4.69, 9.17) is 9.41 Å². The summed E-state index contributed by atoms with van der Waals surface area (Å²) in [4.78, 5) is 5.71. The minimum atomic E-state index is -0.197. The highest BCUT2D eigenvalue weighted by atomic mass is 32.1. The molecule has 1 saturated carbocycles. The maximum absolute atomic E-state index is 6.50. The van der Waals surface area contributed by atoms with Gasteiger partial charge in [-0.2, -0.15) is 0 Å². The van der Waals surface area contributed by atoms with E-state index in [9.17, 15) is 0 Å². The number of hydrogen-bond donors (Lipinski definition) is 0. The van der Waals surface area contributed by atoms with Crippen LogP contribution in [0.3, 0.4) is 0 Å². The van der Waals surface area contributed by atoms with Crippen molar-refractivity contribution >= 4 is 96.4 Å². The van der Waals surface area contributed by atoms with Crippen molar-refractivity contribution in [3.05, 3.63) is 211 Å². The van der Waals surface area contributed by atoms with E-state index in [1.54, 1.807) is 0 Å². The molecule has 4 heterocycles. The molecule has 1 aliphatic heterocycles. The fourth-order valence-electron chi connectivity index (χ4n) is 11.4. The van der Waals surface area contributed by atoms with Crippen molar-refractivity contribution in [1.29, 1.82) is 0 Å². The minimum absolute atomic E-state index is 0.197. The van der Waals surface area contributed by atoms with Crippen LogP contribution in [0.4, 0.5) is 0 Å². The van der Waals surface area contributed by atoms with E-state index < -0.39 is 0 Å². The maximum atomic E-state index is 6.50. The molecule has 0 bridgehead atoms. The Morgan fingerprint density at radius 1 is 0.545 bits per heavy atom. The number of benzene rings is 8. The Hall–Kier alpha value is -7.11. The van der Waals surface area contributed by atoms with Crippen molar-refractivity contribution in [2.45, 2.75) is 37.5 Å². The van der Waals surface area contributed by atoms with Crippen LogP contribution in [-0.2, 0) is 5.41 Å². The zero-order chi connectivity index (χ0) is 43.3. The van der Waals surface area contributed by atoms with E-state index in [2.05, 4.69) is 188 Å². The SMILES string of the molecule is C1=CCCC(C2=NC(c3ccc(-c4cccc5c4oc4ccccc45)cc3)=CC3(c4cc(-c5cccc6c5sc5ccccc56)cc(-c5cccc6c5sc5ccccc56)c4)CCC3C2)=C1. The molecule has 0 amide bonds. The molecule has 1 fully saturated rings. The summed E-state index contributed by atoms with van der Waals surface area (Å²) >= 11 is 3.83. The molecule has 0 N–H and O–H groups in total. The van der Waals surface area contributed by atoms with E-state index in [1.165, 1.54) is 85.9 Å². The van der Waals surface area contributed by atoms with Crippen LogP contribution in [0.1, 0.15) is 43.2 Å². The predicted octanol–water partition coefficient (Wildman–Crippen LogP) is 18.1. The zero-order valence-electron chi connectivity index (χ0n) is 36.3. The van der Waals surface area contributed by atoms with E-state index in [1.807, 2.05) is 28.7 Å². The molecule has 2 aliphatic carbocycles. The number of rotatable bonds is 6. The average Bonchev–Trinajstić information content (AvgIpc) is 4.05. The zero-order valence-corrected chi connectivity index (χ0v) is 37.9. The lowest BCUT2D eigenvalue weighted by Gasteiger charge is -2.48. The van der Waals surface area contributed by atoms with Crippen molar-refractivity contribution in [3.8, 4) is 33.4 Å². The van der Waals surface area contributed by atoms with Gasteiger partial charge < -0.3 is 4.42 Å². The molecule has 14 rings (SSSR count). The Labute approximate surface area is 391 Å². The van der Waals surface area contributed by atoms with E-state index >= 15 is 0 Å². The Kier molecular flexibility index (Phi) is 8.66. The third kappa shape index (κ3) is 5.95. The first-order chi connectivity index (χ1) is 32.6. The van der Waals surface area contributed by atoms with Crippen LogP contribution in [-0.4, -0.2) is 5.71 Å². The smallest absolute Gasteiger partial charge is 0.143 e. The summed E-state index contributed by atoms with van der Waals surface area (Å²) in [6.45, 7) is 0. The van der Waals surface area contributed by atoms with Crippen molar-refractivity contribution in [1.82, 2.24) is 0 Å². The van der Waals surface area contributed by atoms with Gasteiger partial charge in [-0.15, -0.1) is 22.7 Å². The van der Waals surface area contributed by atoms with Crippen LogP contribution in [0.15, 0.2) is 209 Å². The number of furan rings is 1. The lowest BCUT2D eigenvalue weighted by Crippen LogP contribution is -2.43. The van der Waals surface area contributed by atoms with E-state index in [-0.39, 0.29) is 5.41 Å². The molecule has 3 aromatic heterocycles. The third-order valence-electron chi connectivity index (χ3n) is 14.9. The highest BCUT2D eigenvalue weighted by Crippen LogP contribution is 2.57. The summed E-state index contributed by atoms with van der Waals surface area (Å²) in [5, 5.41) is 7.62. The molecule has 0 radical (unpaired) electrons. The maximum Gasteiger partial charge on any atom is 0.143 e. The molecule has 3 aliphatic rings. The van der Waals surface area contributed by atoms with Gasteiger partial charge in [-0.25, -0.2) is 0 Å². The number of hydrogen-bond acceptors (Lipinski definition) is 4. The minimum Gasteiger partial charge on any atom is -0.455 e. The van der Waals surface area contributed by atoms with Gasteiger partial charge in [-0.05, 0) is 113 Å². The molecular weight excluding hydrogens is 839 g/mol. The normalized spacial score (nSPS) is 18.4. The van der Waals surface area contributed by atoms with Crippen molar-refractivity contribution < 1.29 is 4.42 Å². The lowest BCUT2D eigenvalue weighted by atomic mass is 9.54. The second-order valence-corrected chi connectivity index (χ2v) is 20.5. The first-order valence-electron chi connectivity index (χ1n) is 23.3. The van der Waals surface area contributed by atoms with Gasteiger partial charge in [0, 0.05) is 67.8 Å². The van der Waals surface area contributed by atoms with Gasteiger partial charge in [0.15, 0.2) is 0 Å². The lowest BCUT2D eigenvalue weighted by molar-refractivity contribution is 0.181. The predicted molar refractivity (Wildman–Crippen MR) is 283 cm³/mol. The van der Waals surface area contributed by atoms with Gasteiger partial charge in [0.25, 0.3) is 0 Å². The third-order valence-corrected chi connectivity index (χ3v) is 17.3. The summed E-state index contributed by atoms with van der Waals surface area (Å²) in [7, 11) is 0. The summed E-state index contributed by atoms with van der Waals surface area (Å²) in [6.07, 6.45) is 14.7. The Balaban J connectivity index is 0.966. The highest BCUT2D eigenvalue weighted by Gasteiger charge is 2.48. The van der Waals surface area contributed by atoms with E-state index in [0.717, 1.165) is 70.0 Å². The van der Waals surface area contributed by atoms with Crippen LogP contribution < -0.4 is 0 Å². The second-order valence-electron chi connectivity index (χ2n) is 18.4. The summed E-state index contributed by atoms with van der Waals surface area (Å²) in [5.41, 5.74) is 15.3. The van der Waals surface area contributed by atoms with Gasteiger partial charge in [0.1, 0.15) is 11.2 Å². The van der Waals surface area contributed by atoms with Crippen LogP contribution in [0.2, 0.25) is 0 Å². The summed E-state index contributed by atoms with van der Waals surface area (Å²) in [6, 6.07) is 63.1. The Bertz CT molecular complexity index is 3790. The molecule has 11 aromatic rings. The van der Waals surface area contributed by atoms with Crippen LogP contribution in [0.25, 0.3) is 101 Å². The van der Waals surface area contributed by atoms with Gasteiger partial charge in [-0.1, -0.05) is 164 Å². The fourth-order valence-corrected chi connectivity index (χ4v) is 13.9. The van der Waals surface area contributed by atoms with Crippen molar-refractivity contribution in [3.63, 3.8) is 0 Å². The molecule has 0 spiro atoms. The topological polar surface area (TPSA) is 25.5 Å². The molecule has 2 atom stereocenters. The largest absolute Gasteiger partial charge is 0.455 e. The van der Waals surface area contributed by atoms with Crippen LogP contribution in [0, 0.1) is 5.92 Å². The number of thiophene rings is 2. The van der Waals surface area contributed by atoms with Gasteiger partial charge >= 0.3 is 0 Å². The molecule has 4 heteroatoms. The molecule has 66 heavy (non-hydrogen) atoms. The first-order valence-corrected chi connectivity index (χ1v) is 24.9. The quantitative estimate of drug-likeness (QED) is 0.163. The fraction of sp³-hybridized carbons (Fsp3) is 0.113. The molecule has 0 saturated heterocycles. The average molecular weight is 882 g/mol. The number of aliphatic imine (C=N–C) groups is 1. The van der Waals surface area contributed by atoms with Crippen LogP contribution in [0.5, 0.6) is 0 Å². The van der Waals surface area contributed by atoms with E-state index in [0.29, 0.717) is 5.92 Å². The molecule has 314 valence electrons. The number of fused-ring (bicyclic) bond motifs is 10. The summed E-state index contributed by atoms with van der Waals surface area (Å²) in [5.74, 6) is 0.425. The van der Waals surface area contributed by atoms with Gasteiger partial charge in [0.05, 0.1) is 5.70 Å². The number of allylic oxidation sites excluding steroid dienone is 5. The van der Waals surface area contributed by atoms with Crippen molar-refractivity contribution in [2.24, 2.45) is 10.9 Å². The first kappa shape index (κ1) is 38.2. The summed E-state index contributed by atoms with van der Waals surface area (Å²) < 4.78 is 11.9. The number of para-hydroxylation sites is 2. The van der Waals surface area contributed by atoms with Crippen LogP contribution >= 0.6 is 22.7 Å².